The number of aliphatic hydroxyl groups is 2. The van der Waals surface area contributed by atoms with Crippen molar-refractivity contribution in [1.82, 2.24) is 5.32 Å². The molecule has 0 aromatic heterocycles. The summed E-state index contributed by atoms with van der Waals surface area (Å²) in [6.07, 6.45) is -0.664. The minimum absolute atomic E-state index is 0.0375. The summed E-state index contributed by atoms with van der Waals surface area (Å²) in [6, 6.07) is 0. The number of hydrogen-bond acceptors (Lipinski definition) is 5. The Hall–Kier alpha value is -0.790. The number of nitrogens with one attached hydrogen (secondary N) is 1. The average molecular weight is 236 g/mol. The van der Waals surface area contributed by atoms with E-state index in [-0.39, 0.29) is 31.2 Å². The van der Waals surface area contributed by atoms with E-state index in [0.717, 1.165) is 0 Å². The van der Waals surface area contributed by atoms with Gasteiger partial charge >= 0.3 is 0 Å². The first-order valence-corrected chi connectivity index (χ1v) is 5.63. The number of carbonyl (C=O) groups excluding carboxylic acids is 2. The van der Waals surface area contributed by atoms with E-state index in [4.69, 9.17) is 15.9 Å². The van der Waals surface area contributed by atoms with Gasteiger partial charge < -0.3 is 21.3 Å². The molecule has 0 aromatic carbocycles. The highest BCUT2D eigenvalue weighted by Gasteiger charge is 2.05. The van der Waals surface area contributed by atoms with Crippen LogP contribution in [0.1, 0.15) is 6.42 Å². The second kappa shape index (κ2) is 8.51. The molecule has 0 heterocycles. The van der Waals surface area contributed by atoms with Crippen LogP contribution in [0.4, 0.5) is 0 Å². The van der Waals surface area contributed by atoms with Crippen LogP contribution in [0.15, 0.2) is 0 Å². The molecule has 0 aliphatic carbocycles. The van der Waals surface area contributed by atoms with E-state index in [1.165, 1.54) is 11.8 Å². The third-order valence-electron chi connectivity index (χ3n) is 1.46. The molecule has 88 valence electrons. The Kier molecular flexibility index (Phi) is 8.06. The van der Waals surface area contributed by atoms with Crippen molar-refractivity contribution < 1.29 is 19.8 Å². The molecular weight excluding hydrogens is 220 g/mol. The molecular formula is C8H16N2O4S. The third-order valence-corrected chi connectivity index (χ3v) is 2.44. The van der Waals surface area contributed by atoms with Crippen molar-refractivity contribution in [3.63, 3.8) is 0 Å². The van der Waals surface area contributed by atoms with Gasteiger partial charge in [-0.15, -0.1) is 0 Å². The highest BCUT2D eigenvalue weighted by molar-refractivity contribution is 7.99. The van der Waals surface area contributed by atoms with Gasteiger partial charge in [-0.25, -0.2) is 0 Å². The Bertz CT molecular complexity index is 213. The van der Waals surface area contributed by atoms with E-state index < -0.39 is 12.0 Å². The SMILES string of the molecule is NC(=O)CSCCC(=O)NCC(O)CO. The van der Waals surface area contributed by atoms with Crippen molar-refractivity contribution in [1.29, 1.82) is 0 Å². The second-order valence-electron chi connectivity index (χ2n) is 2.91. The van der Waals surface area contributed by atoms with Gasteiger partial charge in [-0.1, -0.05) is 0 Å². The molecule has 0 rings (SSSR count). The molecule has 0 bridgehead atoms. The normalized spacial score (nSPS) is 12.1. The number of carbonyl (C=O) groups is 2. The molecule has 0 saturated carbocycles. The van der Waals surface area contributed by atoms with Gasteiger partial charge in [0.15, 0.2) is 0 Å². The quantitative estimate of drug-likeness (QED) is 0.366. The predicted octanol–water partition coefficient (Wildman–Crippen LogP) is -1.94. The zero-order valence-electron chi connectivity index (χ0n) is 8.31. The van der Waals surface area contributed by atoms with Crippen LogP contribution in [0.3, 0.4) is 0 Å². The molecule has 1 atom stereocenters. The Morgan fingerprint density at radius 2 is 2.13 bits per heavy atom. The zero-order valence-corrected chi connectivity index (χ0v) is 9.13. The molecule has 6 nitrogen and oxygen atoms in total. The molecule has 0 saturated heterocycles. The highest BCUT2D eigenvalue weighted by Crippen LogP contribution is 2.00. The fourth-order valence-corrected chi connectivity index (χ4v) is 1.40. The molecule has 2 amide bonds. The van der Waals surface area contributed by atoms with Gasteiger partial charge in [0, 0.05) is 18.7 Å². The molecule has 0 aliphatic rings. The highest BCUT2D eigenvalue weighted by atomic mass is 32.2. The Morgan fingerprint density at radius 3 is 2.67 bits per heavy atom. The summed E-state index contributed by atoms with van der Waals surface area (Å²) in [5.74, 6) is 0.0758. The van der Waals surface area contributed by atoms with Gasteiger partial charge in [-0.05, 0) is 0 Å². The summed E-state index contributed by atoms with van der Waals surface area (Å²) < 4.78 is 0. The van der Waals surface area contributed by atoms with Crippen molar-refractivity contribution in [2.75, 3.05) is 24.7 Å². The maximum atomic E-state index is 11.1. The molecule has 0 radical (unpaired) electrons. The Morgan fingerprint density at radius 1 is 1.47 bits per heavy atom. The fraction of sp³-hybridized carbons (Fsp3) is 0.750. The number of thioether (sulfide) groups is 1. The maximum absolute atomic E-state index is 11.1. The standard InChI is InChI=1S/C8H16N2O4S/c9-7(13)5-15-2-1-8(14)10-3-6(12)4-11/h6,11-12H,1-5H2,(H2,9,13)(H,10,14). The number of amides is 2. The lowest BCUT2D eigenvalue weighted by Gasteiger charge is -2.08. The summed E-state index contributed by atoms with van der Waals surface area (Å²) >= 11 is 1.28. The van der Waals surface area contributed by atoms with Gasteiger partial charge in [-0.2, -0.15) is 11.8 Å². The van der Waals surface area contributed by atoms with Gasteiger partial charge in [0.05, 0.1) is 18.5 Å². The van der Waals surface area contributed by atoms with Crippen molar-refractivity contribution >= 4 is 23.6 Å². The third kappa shape index (κ3) is 9.51. The molecule has 5 N–H and O–H groups in total. The van der Waals surface area contributed by atoms with Crippen LogP contribution in [0.5, 0.6) is 0 Å². The van der Waals surface area contributed by atoms with E-state index in [1.54, 1.807) is 0 Å². The minimum Gasteiger partial charge on any atom is -0.394 e. The van der Waals surface area contributed by atoms with Gasteiger partial charge in [-0.3, -0.25) is 9.59 Å². The van der Waals surface area contributed by atoms with Crippen molar-refractivity contribution in [3.8, 4) is 0 Å². The summed E-state index contributed by atoms with van der Waals surface area (Å²) in [5.41, 5.74) is 4.90. The molecule has 0 fully saturated rings. The van der Waals surface area contributed by atoms with Crippen molar-refractivity contribution in [3.05, 3.63) is 0 Å². The average Bonchev–Trinajstić information content (AvgIpc) is 2.20. The molecule has 1 unspecified atom stereocenters. The maximum Gasteiger partial charge on any atom is 0.227 e. The van der Waals surface area contributed by atoms with E-state index in [2.05, 4.69) is 5.32 Å². The van der Waals surface area contributed by atoms with Crippen LogP contribution in [0.25, 0.3) is 0 Å². The molecule has 7 heteroatoms. The first-order valence-electron chi connectivity index (χ1n) is 4.48. The van der Waals surface area contributed by atoms with Gasteiger partial charge in [0.1, 0.15) is 0 Å². The zero-order chi connectivity index (χ0) is 11.7. The van der Waals surface area contributed by atoms with E-state index in [1.807, 2.05) is 0 Å². The summed E-state index contributed by atoms with van der Waals surface area (Å²) in [5, 5.41) is 19.8. The number of aliphatic hydroxyl groups excluding tert-OH is 2. The number of rotatable bonds is 8. The van der Waals surface area contributed by atoms with Crippen LogP contribution in [-0.4, -0.2) is 52.8 Å². The summed E-state index contributed by atoms with van der Waals surface area (Å²) in [4.78, 5) is 21.4. The van der Waals surface area contributed by atoms with Crippen LogP contribution in [0.2, 0.25) is 0 Å². The topological polar surface area (TPSA) is 113 Å². The van der Waals surface area contributed by atoms with E-state index in [0.29, 0.717) is 5.75 Å². The van der Waals surface area contributed by atoms with Crippen molar-refractivity contribution in [2.24, 2.45) is 5.73 Å². The van der Waals surface area contributed by atoms with Crippen LogP contribution >= 0.6 is 11.8 Å². The van der Waals surface area contributed by atoms with E-state index in [9.17, 15) is 9.59 Å². The lowest BCUT2D eigenvalue weighted by molar-refractivity contribution is -0.121. The molecule has 15 heavy (non-hydrogen) atoms. The first-order chi connectivity index (χ1) is 7.06. The lowest BCUT2D eigenvalue weighted by atomic mass is 10.3. The monoisotopic (exact) mass is 236 g/mol. The van der Waals surface area contributed by atoms with Crippen LogP contribution in [-0.2, 0) is 9.59 Å². The summed E-state index contributed by atoms with van der Waals surface area (Å²) in [6.45, 7) is -0.341. The van der Waals surface area contributed by atoms with Crippen molar-refractivity contribution in [2.45, 2.75) is 12.5 Å². The van der Waals surface area contributed by atoms with Crippen LogP contribution < -0.4 is 11.1 Å². The fourth-order valence-electron chi connectivity index (χ4n) is 0.722. The lowest BCUT2D eigenvalue weighted by Crippen LogP contribution is -2.34. The summed E-state index contributed by atoms with van der Waals surface area (Å²) in [7, 11) is 0. The molecule has 0 aromatic rings. The molecule has 0 spiro atoms. The number of nitrogens with two attached hydrogens (primary N) is 1. The van der Waals surface area contributed by atoms with Gasteiger partial charge in [0.25, 0.3) is 0 Å². The largest absolute Gasteiger partial charge is 0.394 e. The predicted molar refractivity (Wildman–Crippen MR) is 57.2 cm³/mol. The first kappa shape index (κ1) is 14.2. The Balaban J connectivity index is 3.37. The Labute approximate surface area is 92.2 Å². The van der Waals surface area contributed by atoms with E-state index >= 15 is 0 Å². The molecule has 0 aliphatic heterocycles. The minimum atomic E-state index is -0.924. The van der Waals surface area contributed by atoms with Crippen LogP contribution in [0, 0.1) is 0 Å². The van der Waals surface area contributed by atoms with Gasteiger partial charge in [0.2, 0.25) is 11.8 Å². The number of hydrogen-bond donors (Lipinski definition) is 4. The smallest absolute Gasteiger partial charge is 0.227 e. The second-order valence-corrected chi connectivity index (χ2v) is 4.01. The number of primary amides is 1.